The second kappa shape index (κ2) is 9.21. The Kier molecular flexibility index (Phi) is 7.28. The first-order chi connectivity index (χ1) is 11.6. The van der Waals surface area contributed by atoms with Crippen molar-refractivity contribution in [1.29, 1.82) is 0 Å². The molecule has 1 heterocycles. The van der Waals surface area contributed by atoms with E-state index in [-0.39, 0.29) is 17.8 Å². The summed E-state index contributed by atoms with van der Waals surface area (Å²) >= 11 is 1.56. The Balaban J connectivity index is 2.23. The van der Waals surface area contributed by atoms with Crippen molar-refractivity contribution in [2.45, 2.75) is 72.1 Å². The van der Waals surface area contributed by atoms with Crippen molar-refractivity contribution in [2.24, 2.45) is 5.92 Å². The number of hydrogen-bond donors (Lipinski definition) is 1. The molecule has 0 aromatic carbocycles. The number of fused-ring (bicyclic) bond motifs is 1. The van der Waals surface area contributed by atoms with Crippen LogP contribution in [0.3, 0.4) is 0 Å². The topological polar surface area (TPSA) is 55.4 Å². The standard InChI is InChI=1S/C19H29NO3S/c1-4-7-10-13(5-2)17(21)20-18-16(19(22)23-6-3)14-11-8-9-12-15(14)24-18/h13H,4-12H2,1-3H3,(H,20,21). The molecular formula is C19H29NO3S. The predicted molar refractivity (Wildman–Crippen MR) is 98.9 cm³/mol. The number of esters is 1. The molecule has 24 heavy (non-hydrogen) atoms. The van der Waals surface area contributed by atoms with Crippen molar-refractivity contribution in [3.63, 3.8) is 0 Å². The third-order valence-electron chi connectivity index (χ3n) is 4.66. The number of rotatable bonds is 8. The summed E-state index contributed by atoms with van der Waals surface area (Å²) in [6.45, 7) is 6.35. The number of amides is 1. The largest absolute Gasteiger partial charge is 0.462 e. The first kappa shape index (κ1) is 19.0. The molecule has 4 nitrogen and oxygen atoms in total. The van der Waals surface area contributed by atoms with Crippen molar-refractivity contribution >= 4 is 28.2 Å². The first-order valence-electron chi connectivity index (χ1n) is 9.24. The maximum Gasteiger partial charge on any atom is 0.341 e. The lowest BCUT2D eigenvalue weighted by atomic mass is 9.95. The molecule has 0 saturated carbocycles. The zero-order valence-electron chi connectivity index (χ0n) is 15.1. The fourth-order valence-electron chi connectivity index (χ4n) is 3.26. The summed E-state index contributed by atoms with van der Waals surface area (Å²) < 4.78 is 5.24. The molecule has 1 aromatic rings. The molecule has 0 bridgehead atoms. The predicted octanol–water partition coefficient (Wildman–Crippen LogP) is 4.96. The Morgan fingerprint density at radius 2 is 1.96 bits per heavy atom. The molecule has 1 amide bonds. The van der Waals surface area contributed by atoms with Gasteiger partial charge in [0.2, 0.25) is 5.91 Å². The number of thiophene rings is 1. The normalized spacial score (nSPS) is 14.8. The lowest BCUT2D eigenvalue weighted by molar-refractivity contribution is -0.120. The average Bonchev–Trinajstić information content (AvgIpc) is 2.93. The maximum atomic E-state index is 12.6. The van der Waals surface area contributed by atoms with E-state index in [1.165, 1.54) is 4.88 Å². The number of anilines is 1. The fraction of sp³-hybridized carbons (Fsp3) is 0.684. The van der Waals surface area contributed by atoms with E-state index in [9.17, 15) is 9.59 Å². The van der Waals surface area contributed by atoms with Crippen LogP contribution in [0.15, 0.2) is 0 Å². The van der Waals surface area contributed by atoms with Gasteiger partial charge in [-0.3, -0.25) is 4.79 Å². The SMILES string of the molecule is CCCCC(CC)C(=O)Nc1sc2c(c1C(=O)OCC)CCCC2. The lowest BCUT2D eigenvalue weighted by Crippen LogP contribution is -2.23. The van der Waals surface area contributed by atoms with Crippen LogP contribution in [0.1, 0.15) is 80.1 Å². The van der Waals surface area contributed by atoms with Gasteiger partial charge < -0.3 is 10.1 Å². The quantitative estimate of drug-likeness (QED) is 0.674. The number of aryl methyl sites for hydroxylation is 1. The zero-order valence-corrected chi connectivity index (χ0v) is 15.9. The molecule has 1 N–H and O–H groups in total. The van der Waals surface area contributed by atoms with Gasteiger partial charge in [-0.05, 0) is 51.0 Å². The van der Waals surface area contributed by atoms with E-state index in [1.54, 1.807) is 11.3 Å². The highest BCUT2D eigenvalue weighted by Gasteiger charge is 2.28. The van der Waals surface area contributed by atoms with Gasteiger partial charge in [-0.25, -0.2) is 4.79 Å². The summed E-state index contributed by atoms with van der Waals surface area (Å²) in [5, 5.41) is 3.74. The van der Waals surface area contributed by atoms with Crippen LogP contribution in [-0.2, 0) is 22.4 Å². The summed E-state index contributed by atoms with van der Waals surface area (Å²) in [5.74, 6) is -0.247. The van der Waals surface area contributed by atoms with Gasteiger partial charge in [-0.15, -0.1) is 11.3 Å². The molecule has 0 aliphatic heterocycles. The Morgan fingerprint density at radius 1 is 1.21 bits per heavy atom. The molecule has 0 fully saturated rings. The summed E-state index contributed by atoms with van der Waals surface area (Å²) in [4.78, 5) is 26.3. The van der Waals surface area contributed by atoms with Crippen molar-refractivity contribution in [1.82, 2.24) is 0 Å². The second-order valence-electron chi connectivity index (χ2n) is 6.37. The van der Waals surface area contributed by atoms with Gasteiger partial charge in [0.05, 0.1) is 12.2 Å². The lowest BCUT2D eigenvalue weighted by Gasteiger charge is -2.15. The highest BCUT2D eigenvalue weighted by molar-refractivity contribution is 7.17. The van der Waals surface area contributed by atoms with Crippen molar-refractivity contribution < 1.29 is 14.3 Å². The van der Waals surface area contributed by atoms with Crippen LogP contribution >= 0.6 is 11.3 Å². The maximum absolute atomic E-state index is 12.6. The van der Waals surface area contributed by atoms with E-state index >= 15 is 0 Å². The molecular weight excluding hydrogens is 322 g/mol. The van der Waals surface area contributed by atoms with Crippen LogP contribution in [0.4, 0.5) is 5.00 Å². The smallest absolute Gasteiger partial charge is 0.341 e. The molecule has 5 heteroatoms. The number of unbranched alkanes of at least 4 members (excludes halogenated alkanes) is 1. The minimum atomic E-state index is -0.297. The van der Waals surface area contributed by atoms with Crippen molar-refractivity contribution in [2.75, 3.05) is 11.9 Å². The molecule has 1 aliphatic rings. The van der Waals surface area contributed by atoms with Gasteiger partial charge in [-0.1, -0.05) is 26.7 Å². The van der Waals surface area contributed by atoms with Crippen molar-refractivity contribution in [3.05, 3.63) is 16.0 Å². The number of carbonyl (C=O) groups is 2. The van der Waals surface area contributed by atoms with Gasteiger partial charge in [0.1, 0.15) is 5.00 Å². The molecule has 0 radical (unpaired) electrons. The number of nitrogens with one attached hydrogen (secondary N) is 1. The highest BCUT2D eigenvalue weighted by atomic mass is 32.1. The average molecular weight is 352 g/mol. The molecule has 1 aliphatic carbocycles. The molecule has 134 valence electrons. The first-order valence-corrected chi connectivity index (χ1v) is 10.1. The fourth-order valence-corrected chi connectivity index (χ4v) is 4.54. The molecule has 2 rings (SSSR count). The van der Waals surface area contributed by atoms with Crippen LogP contribution < -0.4 is 5.32 Å². The van der Waals surface area contributed by atoms with E-state index in [4.69, 9.17) is 4.74 Å². The van der Waals surface area contributed by atoms with Gasteiger partial charge in [-0.2, -0.15) is 0 Å². The third-order valence-corrected chi connectivity index (χ3v) is 5.86. The van der Waals surface area contributed by atoms with Crippen LogP contribution in [0, 0.1) is 5.92 Å². The Hall–Kier alpha value is -1.36. The Morgan fingerprint density at radius 3 is 2.62 bits per heavy atom. The molecule has 1 unspecified atom stereocenters. The summed E-state index contributed by atoms with van der Waals surface area (Å²) in [7, 11) is 0. The Bertz CT molecular complexity index is 579. The minimum absolute atomic E-state index is 0.0131. The van der Waals surface area contributed by atoms with E-state index in [2.05, 4.69) is 12.2 Å². The van der Waals surface area contributed by atoms with E-state index in [0.717, 1.165) is 56.9 Å². The molecule has 1 aromatic heterocycles. The van der Waals surface area contributed by atoms with Gasteiger partial charge >= 0.3 is 5.97 Å². The molecule has 1 atom stereocenters. The molecule has 0 spiro atoms. The van der Waals surface area contributed by atoms with Crippen LogP contribution in [0.5, 0.6) is 0 Å². The summed E-state index contributed by atoms with van der Waals surface area (Å²) in [6.07, 6.45) is 8.01. The van der Waals surface area contributed by atoms with E-state index in [1.807, 2.05) is 13.8 Å². The zero-order chi connectivity index (χ0) is 17.5. The highest BCUT2D eigenvalue weighted by Crippen LogP contribution is 2.39. The van der Waals surface area contributed by atoms with Gasteiger partial charge in [0, 0.05) is 10.8 Å². The number of carbonyl (C=O) groups excluding carboxylic acids is 2. The number of hydrogen-bond acceptors (Lipinski definition) is 4. The van der Waals surface area contributed by atoms with Crippen LogP contribution in [-0.4, -0.2) is 18.5 Å². The minimum Gasteiger partial charge on any atom is -0.462 e. The van der Waals surface area contributed by atoms with Crippen LogP contribution in [0.25, 0.3) is 0 Å². The Labute approximate surface area is 149 Å². The van der Waals surface area contributed by atoms with E-state index < -0.39 is 0 Å². The van der Waals surface area contributed by atoms with Gasteiger partial charge in [0.15, 0.2) is 0 Å². The second-order valence-corrected chi connectivity index (χ2v) is 7.48. The molecule has 0 saturated heterocycles. The summed E-state index contributed by atoms with van der Waals surface area (Å²) in [6, 6.07) is 0. The van der Waals surface area contributed by atoms with Crippen molar-refractivity contribution in [3.8, 4) is 0 Å². The van der Waals surface area contributed by atoms with Crippen LogP contribution in [0.2, 0.25) is 0 Å². The monoisotopic (exact) mass is 351 g/mol. The third kappa shape index (κ3) is 4.38. The van der Waals surface area contributed by atoms with E-state index in [0.29, 0.717) is 17.2 Å². The summed E-state index contributed by atoms with van der Waals surface area (Å²) in [5.41, 5.74) is 1.71. The van der Waals surface area contributed by atoms with Gasteiger partial charge in [0.25, 0.3) is 0 Å². The number of ether oxygens (including phenoxy) is 1.